The summed E-state index contributed by atoms with van der Waals surface area (Å²) in [5, 5.41) is 0. The average Bonchev–Trinajstić information content (AvgIpc) is 2.51. The van der Waals surface area contributed by atoms with Gasteiger partial charge in [0.15, 0.2) is 0 Å². The molecule has 0 bridgehead atoms. The van der Waals surface area contributed by atoms with Crippen LogP contribution < -0.4 is 0 Å². The number of piperidine rings is 1. The van der Waals surface area contributed by atoms with Crippen LogP contribution in [0.1, 0.15) is 65.7 Å². The number of rotatable bonds is 9. The average molecular weight is 325 g/mol. The lowest BCUT2D eigenvalue weighted by Gasteiger charge is -2.32. The summed E-state index contributed by atoms with van der Waals surface area (Å²) in [4.78, 5) is 2.18. The van der Waals surface area contributed by atoms with Crippen molar-refractivity contribution in [2.24, 2.45) is 5.92 Å². The zero-order valence-electron chi connectivity index (χ0n) is 14.6. The van der Waals surface area contributed by atoms with Crippen LogP contribution in [0.25, 0.3) is 0 Å². The molecule has 0 atom stereocenters. The molecular weight excluding hydrogens is 291 g/mol. The molecule has 0 radical (unpaired) electrons. The fourth-order valence-corrected chi connectivity index (χ4v) is 2.70. The molecule has 2 nitrogen and oxygen atoms in total. The molecule has 0 N–H and O–H groups in total. The molecule has 1 aliphatic rings. The van der Waals surface area contributed by atoms with Gasteiger partial charge < -0.3 is 9.64 Å². The van der Waals surface area contributed by atoms with E-state index < -0.39 is 12.1 Å². The lowest BCUT2D eigenvalue weighted by Crippen LogP contribution is -2.39. The number of nitrogens with zero attached hydrogens (tertiary/aromatic N) is 1. The van der Waals surface area contributed by atoms with Crippen LogP contribution in [-0.4, -0.2) is 43.9 Å². The van der Waals surface area contributed by atoms with E-state index in [-0.39, 0.29) is 12.8 Å². The Morgan fingerprint density at radius 3 is 2.05 bits per heavy atom. The van der Waals surface area contributed by atoms with E-state index in [1.165, 1.54) is 19.3 Å². The summed E-state index contributed by atoms with van der Waals surface area (Å²) < 4.78 is 42.8. The second kappa shape index (κ2) is 13.2. The van der Waals surface area contributed by atoms with Crippen molar-refractivity contribution in [2.75, 3.05) is 32.8 Å². The van der Waals surface area contributed by atoms with Crippen molar-refractivity contribution in [3.05, 3.63) is 0 Å². The molecule has 1 rings (SSSR count). The predicted octanol–water partition coefficient (Wildman–Crippen LogP) is 5.27. The molecule has 0 amide bonds. The molecule has 0 aromatic heterocycles. The normalized spacial score (nSPS) is 17.2. The fourth-order valence-electron chi connectivity index (χ4n) is 2.70. The summed E-state index contributed by atoms with van der Waals surface area (Å²) in [6.45, 7) is 9.80. The molecule has 0 aliphatic carbocycles. The van der Waals surface area contributed by atoms with Crippen LogP contribution >= 0.6 is 0 Å². The van der Waals surface area contributed by atoms with Gasteiger partial charge in [-0.15, -0.1) is 0 Å². The molecule has 1 fully saturated rings. The molecule has 1 aliphatic heterocycles. The standard InChI is InChI=1S/C15H28F3NO.C2H6/c1-2-20-13-7-5-3-4-6-10-19-11-8-14(9-12-19)15(16,17)18;1-2/h14H,2-13H2,1H3;1-2H3. The van der Waals surface area contributed by atoms with Crippen molar-refractivity contribution in [1.29, 1.82) is 0 Å². The van der Waals surface area contributed by atoms with Crippen molar-refractivity contribution < 1.29 is 17.9 Å². The van der Waals surface area contributed by atoms with E-state index in [9.17, 15) is 13.2 Å². The third-order valence-corrected chi connectivity index (χ3v) is 4.02. The zero-order valence-corrected chi connectivity index (χ0v) is 14.6. The summed E-state index contributed by atoms with van der Waals surface area (Å²) in [5.74, 6) is -1.07. The third-order valence-electron chi connectivity index (χ3n) is 4.02. The highest BCUT2D eigenvalue weighted by atomic mass is 19.4. The SMILES string of the molecule is CC.CCOCCCCCCCN1CCC(C(F)(F)F)CC1. The van der Waals surface area contributed by atoms with E-state index in [0.29, 0.717) is 13.1 Å². The Bertz CT molecular complexity index is 239. The minimum atomic E-state index is -3.99. The second-order valence-electron chi connectivity index (χ2n) is 5.62. The summed E-state index contributed by atoms with van der Waals surface area (Å²) >= 11 is 0. The largest absolute Gasteiger partial charge is 0.391 e. The van der Waals surface area contributed by atoms with Gasteiger partial charge in [-0.25, -0.2) is 0 Å². The monoisotopic (exact) mass is 325 g/mol. The molecular formula is C17H34F3NO. The zero-order chi connectivity index (χ0) is 16.8. The van der Waals surface area contributed by atoms with Gasteiger partial charge in [-0.1, -0.05) is 33.1 Å². The number of hydrogen-bond acceptors (Lipinski definition) is 2. The summed E-state index contributed by atoms with van der Waals surface area (Å²) in [7, 11) is 0. The molecule has 1 saturated heterocycles. The minimum absolute atomic E-state index is 0.276. The van der Waals surface area contributed by atoms with E-state index in [1.807, 2.05) is 20.8 Å². The first-order chi connectivity index (χ1) is 10.5. The number of alkyl halides is 3. The van der Waals surface area contributed by atoms with Crippen LogP contribution in [0.3, 0.4) is 0 Å². The Morgan fingerprint density at radius 2 is 1.50 bits per heavy atom. The van der Waals surface area contributed by atoms with Gasteiger partial charge in [0.25, 0.3) is 0 Å². The maximum atomic E-state index is 12.5. The number of ether oxygens (including phenoxy) is 1. The molecule has 0 spiro atoms. The number of halogens is 3. The molecule has 0 saturated carbocycles. The quantitative estimate of drug-likeness (QED) is 0.535. The fraction of sp³-hybridized carbons (Fsp3) is 1.00. The van der Waals surface area contributed by atoms with Gasteiger partial charge in [0.05, 0.1) is 5.92 Å². The number of hydrogen-bond donors (Lipinski definition) is 0. The summed E-state index contributed by atoms with van der Waals surface area (Å²) in [6, 6.07) is 0. The van der Waals surface area contributed by atoms with Gasteiger partial charge in [-0.2, -0.15) is 13.2 Å². The minimum Gasteiger partial charge on any atom is -0.382 e. The van der Waals surface area contributed by atoms with E-state index in [1.54, 1.807) is 0 Å². The van der Waals surface area contributed by atoms with Crippen LogP contribution in [0, 0.1) is 5.92 Å². The summed E-state index contributed by atoms with van der Waals surface area (Å²) in [5.41, 5.74) is 0. The van der Waals surface area contributed by atoms with Crippen LogP contribution in [0.15, 0.2) is 0 Å². The molecule has 22 heavy (non-hydrogen) atoms. The lowest BCUT2D eigenvalue weighted by molar-refractivity contribution is -0.185. The van der Waals surface area contributed by atoms with Gasteiger partial charge in [0, 0.05) is 13.2 Å². The van der Waals surface area contributed by atoms with Crippen molar-refractivity contribution in [3.63, 3.8) is 0 Å². The first kappa shape index (κ1) is 21.7. The van der Waals surface area contributed by atoms with Crippen molar-refractivity contribution in [3.8, 4) is 0 Å². The number of unbranched alkanes of at least 4 members (excludes halogenated alkanes) is 4. The molecule has 0 aromatic carbocycles. The molecule has 1 heterocycles. The Hall–Kier alpha value is -0.290. The Labute approximate surface area is 134 Å². The maximum Gasteiger partial charge on any atom is 0.391 e. The first-order valence-electron chi connectivity index (χ1n) is 8.91. The van der Waals surface area contributed by atoms with Gasteiger partial charge >= 0.3 is 6.18 Å². The van der Waals surface area contributed by atoms with Crippen LogP contribution in [0.4, 0.5) is 13.2 Å². The van der Waals surface area contributed by atoms with Gasteiger partial charge in [0.1, 0.15) is 0 Å². The van der Waals surface area contributed by atoms with E-state index >= 15 is 0 Å². The smallest absolute Gasteiger partial charge is 0.382 e. The van der Waals surface area contributed by atoms with Crippen molar-refractivity contribution >= 4 is 0 Å². The summed E-state index contributed by atoms with van der Waals surface area (Å²) in [6.07, 6.45) is 2.34. The van der Waals surface area contributed by atoms with Crippen molar-refractivity contribution in [1.82, 2.24) is 4.90 Å². The predicted molar refractivity (Wildman–Crippen MR) is 86.1 cm³/mol. The highest BCUT2D eigenvalue weighted by Gasteiger charge is 2.40. The van der Waals surface area contributed by atoms with Crippen LogP contribution in [-0.2, 0) is 4.74 Å². The Kier molecular flexibility index (Phi) is 13.0. The van der Waals surface area contributed by atoms with E-state index in [4.69, 9.17) is 4.74 Å². The lowest BCUT2D eigenvalue weighted by atomic mass is 9.96. The van der Waals surface area contributed by atoms with Gasteiger partial charge in [-0.05, 0) is 52.2 Å². The maximum absolute atomic E-state index is 12.5. The van der Waals surface area contributed by atoms with Crippen LogP contribution in [0.2, 0.25) is 0 Å². The van der Waals surface area contributed by atoms with Crippen molar-refractivity contribution in [2.45, 2.75) is 71.9 Å². The Morgan fingerprint density at radius 1 is 0.955 bits per heavy atom. The third kappa shape index (κ3) is 10.4. The highest BCUT2D eigenvalue weighted by molar-refractivity contribution is 4.76. The molecule has 0 unspecified atom stereocenters. The molecule has 5 heteroatoms. The first-order valence-corrected chi connectivity index (χ1v) is 8.91. The van der Waals surface area contributed by atoms with Crippen LogP contribution in [0.5, 0.6) is 0 Å². The van der Waals surface area contributed by atoms with E-state index in [2.05, 4.69) is 4.90 Å². The van der Waals surface area contributed by atoms with E-state index in [0.717, 1.165) is 32.6 Å². The second-order valence-corrected chi connectivity index (χ2v) is 5.62. The van der Waals surface area contributed by atoms with Gasteiger partial charge in [-0.3, -0.25) is 0 Å². The molecule has 0 aromatic rings. The topological polar surface area (TPSA) is 12.5 Å². The number of likely N-dealkylation sites (tertiary alicyclic amines) is 1. The Balaban J connectivity index is 0.00000211. The highest BCUT2D eigenvalue weighted by Crippen LogP contribution is 2.34. The molecule has 134 valence electrons. The van der Waals surface area contributed by atoms with Gasteiger partial charge in [0.2, 0.25) is 0 Å².